The normalized spacial score (nSPS) is 18.6. The summed E-state index contributed by atoms with van der Waals surface area (Å²) in [5, 5.41) is 2.10. The lowest BCUT2D eigenvalue weighted by atomic mass is 9.85. The van der Waals surface area contributed by atoms with E-state index < -0.39 is 26.1 Å². The average molecular weight is 544 g/mol. The predicted molar refractivity (Wildman–Crippen MR) is 159 cm³/mol. The van der Waals surface area contributed by atoms with Gasteiger partial charge in [-0.05, 0) is 54.1 Å². The molecule has 39 heavy (non-hydrogen) atoms. The zero-order valence-corrected chi connectivity index (χ0v) is 25.0. The molecule has 0 aromatic heterocycles. The second-order valence-corrected chi connectivity index (χ2v) is 16.7. The molecule has 0 unspecified atom stereocenters. The third kappa shape index (κ3) is 6.34. The first kappa shape index (κ1) is 28.8. The molecule has 1 aliphatic rings. The SMILES string of the molecule is CC(C)(C)OC(=O)N1C(=O)C[C@H](c2ccccc2)C[C@H]1CO[Si](c1ccccc1)(c1ccccc1)C(C)(C)C. The molecular formula is C33H41NO4Si. The molecule has 5 nitrogen and oxygen atoms in total. The van der Waals surface area contributed by atoms with Gasteiger partial charge in [0.1, 0.15) is 5.60 Å². The lowest BCUT2D eigenvalue weighted by molar-refractivity contribution is -0.136. The Bertz CT molecular complexity index is 1210. The molecule has 1 fully saturated rings. The van der Waals surface area contributed by atoms with E-state index in [1.54, 1.807) is 0 Å². The number of carbonyl (C=O) groups excluding carboxylic acids is 2. The van der Waals surface area contributed by atoms with E-state index in [1.807, 2.05) is 51.1 Å². The number of hydrogen-bond acceptors (Lipinski definition) is 4. The van der Waals surface area contributed by atoms with Gasteiger partial charge in [-0.1, -0.05) is 112 Å². The zero-order valence-electron chi connectivity index (χ0n) is 24.0. The van der Waals surface area contributed by atoms with Crippen molar-refractivity contribution in [3.05, 3.63) is 96.6 Å². The van der Waals surface area contributed by atoms with Gasteiger partial charge in [-0.15, -0.1) is 0 Å². The van der Waals surface area contributed by atoms with Crippen molar-refractivity contribution in [3.8, 4) is 0 Å². The number of piperidine rings is 1. The largest absolute Gasteiger partial charge is 0.443 e. The molecule has 1 saturated heterocycles. The van der Waals surface area contributed by atoms with Gasteiger partial charge in [0, 0.05) is 6.42 Å². The van der Waals surface area contributed by atoms with E-state index in [4.69, 9.17) is 9.16 Å². The van der Waals surface area contributed by atoms with E-state index in [2.05, 4.69) is 81.4 Å². The van der Waals surface area contributed by atoms with E-state index in [0.717, 1.165) is 15.9 Å². The monoisotopic (exact) mass is 543 g/mol. The molecule has 4 rings (SSSR count). The van der Waals surface area contributed by atoms with Crippen LogP contribution in [0.15, 0.2) is 91.0 Å². The summed E-state index contributed by atoms with van der Waals surface area (Å²) in [5.74, 6) is -0.217. The maximum atomic E-state index is 13.6. The van der Waals surface area contributed by atoms with Crippen molar-refractivity contribution >= 4 is 30.7 Å². The molecule has 3 aromatic rings. The molecule has 1 heterocycles. The zero-order chi connectivity index (χ0) is 28.3. The summed E-state index contributed by atoms with van der Waals surface area (Å²) < 4.78 is 12.9. The summed E-state index contributed by atoms with van der Waals surface area (Å²) in [4.78, 5) is 28.3. The highest BCUT2D eigenvalue weighted by atomic mass is 28.4. The van der Waals surface area contributed by atoms with Crippen LogP contribution in [-0.2, 0) is 14.0 Å². The van der Waals surface area contributed by atoms with Crippen LogP contribution in [0.25, 0.3) is 0 Å². The molecule has 6 heteroatoms. The molecule has 0 saturated carbocycles. The lowest BCUT2D eigenvalue weighted by Crippen LogP contribution is -2.67. The summed E-state index contributed by atoms with van der Waals surface area (Å²) in [7, 11) is -2.86. The molecule has 206 valence electrons. The highest BCUT2D eigenvalue weighted by molar-refractivity contribution is 6.99. The molecule has 2 amide bonds. The number of imide groups is 1. The maximum Gasteiger partial charge on any atom is 0.417 e. The Labute approximate surface area is 234 Å². The minimum absolute atomic E-state index is 0.00476. The van der Waals surface area contributed by atoms with Gasteiger partial charge in [-0.3, -0.25) is 4.79 Å². The Morgan fingerprint density at radius 3 is 1.77 bits per heavy atom. The summed E-state index contributed by atoms with van der Waals surface area (Å²) in [5.41, 5.74) is 0.391. The number of likely N-dealkylation sites (tertiary alicyclic amines) is 1. The second kappa shape index (κ2) is 11.5. The number of amides is 2. The van der Waals surface area contributed by atoms with Crippen LogP contribution < -0.4 is 10.4 Å². The number of nitrogens with zero attached hydrogens (tertiary/aromatic N) is 1. The van der Waals surface area contributed by atoms with Crippen LogP contribution >= 0.6 is 0 Å². The van der Waals surface area contributed by atoms with Crippen molar-refractivity contribution in [1.29, 1.82) is 0 Å². The minimum atomic E-state index is -2.86. The van der Waals surface area contributed by atoms with Gasteiger partial charge in [0.05, 0.1) is 12.6 Å². The first-order chi connectivity index (χ1) is 18.4. The van der Waals surface area contributed by atoms with Crippen LogP contribution in [0.1, 0.15) is 65.9 Å². The first-order valence-electron chi connectivity index (χ1n) is 13.8. The number of ether oxygens (including phenoxy) is 1. The highest BCUT2D eigenvalue weighted by Crippen LogP contribution is 2.39. The molecular weight excluding hydrogens is 502 g/mol. The quantitative estimate of drug-likeness (QED) is 0.344. The van der Waals surface area contributed by atoms with Crippen molar-refractivity contribution in [2.75, 3.05) is 6.61 Å². The van der Waals surface area contributed by atoms with Crippen LogP contribution in [-0.4, -0.2) is 43.5 Å². The lowest BCUT2D eigenvalue weighted by Gasteiger charge is -2.45. The fourth-order valence-electron chi connectivity index (χ4n) is 5.70. The molecule has 0 radical (unpaired) electrons. The standard InChI is InChI=1S/C33H41NO4Si/c1-32(2,3)38-31(36)34-27(22-26(23-30(34)35)25-16-10-7-11-17-25)24-37-39(33(4,5)6,28-18-12-8-13-19-28)29-20-14-9-15-21-29/h7-21,26-27H,22-24H2,1-6H3/t26-,27+/m1/s1. The highest BCUT2D eigenvalue weighted by Gasteiger charge is 2.51. The number of hydrogen-bond donors (Lipinski definition) is 0. The van der Waals surface area contributed by atoms with Gasteiger partial charge in [0.2, 0.25) is 5.91 Å². The van der Waals surface area contributed by atoms with Gasteiger partial charge in [0.25, 0.3) is 8.32 Å². The maximum absolute atomic E-state index is 13.6. The molecule has 1 aliphatic heterocycles. The van der Waals surface area contributed by atoms with Crippen molar-refractivity contribution in [3.63, 3.8) is 0 Å². The smallest absolute Gasteiger partial charge is 0.417 e. The third-order valence-electron chi connectivity index (χ3n) is 7.38. The van der Waals surface area contributed by atoms with E-state index in [9.17, 15) is 9.59 Å². The summed E-state index contributed by atoms with van der Waals surface area (Å²) in [6.07, 6.45) is 0.279. The minimum Gasteiger partial charge on any atom is -0.443 e. The molecule has 0 spiro atoms. The fourth-order valence-corrected chi connectivity index (χ4v) is 10.3. The van der Waals surface area contributed by atoms with Crippen molar-refractivity contribution in [1.82, 2.24) is 4.90 Å². The number of carbonyl (C=O) groups is 2. The molecule has 0 bridgehead atoms. The number of benzene rings is 3. The van der Waals surface area contributed by atoms with Gasteiger partial charge in [-0.25, -0.2) is 9.69 Å². The summed E-state index contributed by atoms with van der Waals surface area (Å²) >= 11 is 0. The Morgan fingerprint density at radius 1 is 0.821 bits per heavy atom. The van der Waals surface area contributed by atoms with E-state index in [-0.39, 0.29) is 29.9 Å². The topological polar surface area (TPSA) is 55.8 Å². The van der Waals surface area contributed by atoms with Crippen molar-refractivity contribution < 1.29 is 18.8 Å². The Kier molecular flexibility index (Phi) is 8.47. The fraction of sp³-hybridized carbons (Fsp3) is 0.394. The van der Waals surface area contributed by atoms with Crippen molar-refractivity contribution in [2.24, 2.45) is 0 Å². The predicted octanol–water partition coefficient (Wildman–Crippen LogP) is 6.27. The molecule has 0 aliphatic carbocycles. The van der Waals surface area contributed by atoms with Gasteiger partial charge in [0.15, 0.2) is 0 Å². The summed E-state index contributed by atoms with van der Waals surface area (Å²) in [6, 6.07) is 30.5. The van der Waals surface area contributed by atoms with Crippen LogP contribution in [0.3, 0.4) is 0 Å². The van der Waals surface area contributed by atoms with Gasteiger partial charge in [-0.2, -0.15) is 0 Å². The van der Waals surface area contributed by atoms with Crippen LogP contribution in [0.4, 0.5) is 4.79 Å². The second-order valence-electron chi connectivity index (χ2n) is 12.4. The Balaban J connectivity index is 1.75. The van der Waals surface area contributed by atoms with Crippen LogP contribution in [0.5, 0.6) is 0 Å². The first-order valence-corrected chi connectivity index (χ1v) is 15.7. The third-order valence-corrected chi connectivity index (χ3v) is 12.4. The van der Waals surface area contributed by atoms with Gasteiger partial charge < -0.3 is 9.16 Å². The Morgan fingerprint density at radius 2 is 1.31 bits per heavy atom. The Hall–Kier alpha value is -3.22. The van der Waals surface area contributed by atoms with Crippen molar-refractivity contribution in [2.45, 2.75) is 77.0 Å². The van der Waals surface area contributed by atoms with Gasteiger partial charge >= 0.3 is 6.09 Å². The molecule has 0 N–H and O–H groups in total. The van der Waals surface area contributed by atoms with E-state index in [1.165, 1.54) is 4.90 Å². The van der Waals surface area contributed by atoms with Crippen LogP contribution in [0.2, 0.25) is 5.04 Å². The van der Waals surface area contributed by atoms with E-state index in [0.29, 0.717) is 6.42 Å². The summed E-state index contributed by atoms with van der Waals surface area (Å²) in [6.45, 7) is 12.4. The van der Waals surface area contributed by atoms with Crippen LogP contribution in [0, 0.1) is 0 Å². The number of rotatable bonds is 6. The average Bonchev–Trinajstić information content (AvgIpc) is 2.88. The van der Waals surface area contributed by atoms with E-state index >= 15 is 0 Å². The molecule has 2 atom stereocenters. The molecule has 3 aromatic carbocycles.